The van der Waals surface area contributed by atoms with E-state index in [2.05, 4.69) is 24.0 Å². The summed E-state index contributed by atoms with van der Waals surface area (Å²) in [5.74, 6) is 1.22. The van der Waals surface area contributed by atoms with Gasteiger partial charge in [0.25, 0.3) is 0 Å². The van der Waals surface area contributed by atoms with E-state index in [4.69, 9.17) is 21.9 Å². The van der Waals surface area contributed by atoms with Crippen LogP contribution in [0.15, 0.2) is 28.8 Å². The maximum absolute atomic E-state index is 6.24. The fourth-order valence-corrected chi connectivity index (χ4v) is 2.58. The van der Waals surface area contributed by atoms with Crippen molar-refractivity contribution in [2.45, 2.75) is 44.1 Å². The Hall–Kier alpha value is -1.39. The number of aromatic nitrogens is 2. The molecule has 4 nitrogen and oxygen atoms in total. The van der Waals surface area contributed by atoms with Crippen LogP contribution in [0.4, 0.5) is 0 Å². The Balaban J connectivity index is 1.93. The standard InChI is InChI=1S/C15H18ClN3O/c1-14(2,10-4-6-11(16)7-5-10)13-18-12(19-20-13)15(17)8-3-9-15/h4-7H,3,8-9,17H2,1-2H3. The molecule has 1 saturated carbocycles. The van der Waals surface area contributed by atoms with E-state index in [0.29, 0.717) is 16.7 Å². The van der Waals surface area contributed by atoms with E-state index in [1.807, 2.05) is 24.3 Å². The number of halogens is 1. The molecule has 0 unspecified atom stereocenters. The zero-order valence-corrected chi connectivity index (χ0v) is 12.4. The van der Waals surface area contributed by atoms with E-state index < -0.39 is 5.54 Å². The number of nitrogens with zero attached hydrogens (tertiary/aromatic N) is 2. The molecule has 0 amide bonds. The van der Waals surface area contributed by atoms with Crippen LogP contribution in [0.2, 0.25) is 5.02 Å². The maximum atomic E-state index is 6.24. The molecule has 0 saturated heterocycles. The predicted molar refractivity (Wildman–Crippen MR) is 77.6 cm³/mol. The van der Waals surface area contributed by atoms with E-state index >= 15 is 0 Å². The van der Waals surface area contributed by atoms with Gasteiger partial charge in [-0.3, -0.25) is 0 Å². The molecule has 0 bridgehead atoms. The number of nitrogens with two attached hydrogens (primary N) is 1. The van der Waals surface area contributed by atoms with Gasteiger partial charge < -0.3 is 10.3 Å². The Labute approximate surface area is 123 Å². The van der Waals surface area contributed by atoms with Crippen LogP contribution in [0.1, 0.15) is 50.4 Å². The zero-order valence-electron chi connectivity index (χ0n) is 11.7. The van der Waals surface area contributed by atoms with E-state index in [9.17, 15) is 0 Å². The summed E-state index contributed by atoms with van der Waals surface area (Å²) < 4.78 is 5.46. The smallest absolute Gasteiger partial charge is 0.236 e. The van der Waals surface area contributed by atoms with Gasteiger partial charge in [-0.15, -0.1) is 0 Å². The molecule has 1 fully saturated rings. The summed E-state index contributed by atoms with van der Waals surface area (Å²) in [5.41, 5.74) is 6.56. The molecule has 0 spiro atoms. The molecule has 1 aromatic carbocycles. The van der Waals surface area contributed by atoms with E-state index in [0.717, 1.165) is 24.8 Å². The average Bonchev–Trinajstić information content (AvgIpc) is 2.87. The molecule has 2 N–H and O–H groups in total. The molecule has 0 atom stereocenters. The van der Waals surface area contributed by atoms with Gasteiger partial charge in [-0.2, -0.15) is 4.98 Å². The van der Waals surface area contributed by atoms with Gasteiger partial charge in [0.15, 0.2) is 5.82 Å². The molecular formula is C15H18ClN3O. The molecule has 1 aromatic heterocycles. The minimum absolute atomic E-state index is 0.365. The second-order valence-corrected chi connectivity index (χ2v) is 6.50. The topological polar surface area (TPSA) is 64.9 Å². The van der Waals surface area contributed by atoms with Crippen molar-refractivity contribution in [3.63, 3.8) is 0 Å². The van der Waals surface area contributed by atoms with Crippen molar-refractivity contribution in [1.29, 1.82) is 0 Å². The SMILES string of the molecule is CC(C)(c1ccc(Cl)cc1)c1nc(C2(N)CCC2)no1. The molecule has 106 valence electrons. The highest BCUT2D eigenvalue weighted by Crippen LogP contribution is 2.38. The van der Waals surface area contributed by atoms with Gasteiger partial charge in [0.05, 0.1) is 11.0 Å². The van der Waals surface area contributed by atoms with Crippen LogP contribution >= 0.6 is 11.6 Å². The van der Waals surface area contributed by atoms with E-state index in [-0.39, 0.29) is 5.41 Å². The van der Waals surface area contributed by atoms with Crippen molar-refractivity contribution < 1.29 is 4.52 Å². The Morgan fingerprint density at radius 2 is 1.90 bits per heavy atom. The third kappa shape index (κ3) is 2.13. The Morgan fingerprint density at radius 1 is 1.25 bits per heavy atom. The lowest BCUT2D eigenvalue weighted by Gasteiger charge is -2.34. The summed E-state index contributed by atoms with van der Waals surface area (Å²) in [6.45, 7) is 4.11. The molecule has 20 heavy (non-hydrogen) atoms. The first-order chi connectivity index (χ1) is 9.42. The normalized spacial score (nSPS) is 17.8. The molecule has 1 heterocycles. The van der Waals surface area contributed by atoms with Crippen molar-refractivity contribution in [3.05, 3.63) is 46.6 Å². The Morgan fingerprint density at radius 3 is 2.45 bits per heavy atom. The summed E-state index contributed by atoms with van der Waals surface area (Å²) in [6.07, 6.45) is 2.97. The van der Waals surface area contributed by atoms with Gasteiger partial charge in [-0.05, 0) is 50.8 Å². The fourth-order valence-electron chi connectivity index (χ4n) is 2.45. The van der Waals surface area contributed by atoms with Gasteiger partial charge in [-0.25, -0.2) is 0 Å². The molecule has 3 rings (SSSR count). The summed E-state index contributed by atoms with van der Waals surface area (Å²) >= 11 is 5.93. The second-order valence-electron chi connectivity index (χ2n) is 6.06. The second kappa shape index (κ2) is 4.57. The Bertz CT molecular complexity index is 614. The van der Waals surface area contributed by atoms with Crippen molar-refractivity contribution in [3.8, 4) is 0 Å². The van der Waals surface area contributed by atoms with Gasteiger partial charge in [0.1, 0.15) is 0 Å². The molecule has 0 aliphatic heterocycles. The summed E-state index contributed by atoms with van der Waals surface area (Å²) in [7, 11) is 0. The molecule has 1 aliphatic carbocycles. The predicted octanol–water partition coefficient (Wildman–Crippen LogP) is 3.39. The minimum atomic E-state index is -0.391. The summed E-state index contributed by atoms with van der Waals surface area (Å²) in [4.78, 5) is 4.54. The lowest BCUT2D eigenvalue weighted by Crippen LogP contribution is -2.44. The Kier molecular flexibility index (Phi) is 3.10. The van der Waals surface area contributed by atoms with Crippen LogP contribution in [0, 0.1) is 0 Å². The molecule has 2 aromatic rings. The highest BCUT2D eigenvalue weighted by molar-refractivity contribution is 6.30. The van der Waals surface area contributed by atoms with E-state index in [1.165, 1.54) is 0 Å². The lowest BCUT2D eigenvalue weighted by atomic mass is 9.77. The van der Waals surface area contributed by atoms with Gasteiger partial charge in [0.2, 0.25) is 5.89 Å². The number of hydrogen-bond donors (Lipinski definition) is 1. The van der Waals surface area contributed by atoms with Crippen molar-refractivity contribution in [2.24, 2.45) is 5.73 Å². The first-order valence-electron chi connectivity index (χ1n) is 6.81. The van der Waals surface area contributed by atoms with Crippen molar-refractivity contribution in [2.75, 3.05) is 0 Å². The first-order valence-corrected chi connectivity index (χ1v) is 7.19. The fraction of sp³-hybridized carbons (Fsp3) is 0.467. The van der Waals surface area contributed by atoms with Gasteiger partial charge >= 0.3 is 0 Å². The highest BCUT2D eigenvalue weighted by Gasteiger charge is 2.40. The third-order valence-corrected chi connectivity index (χ3v) is 4.47. The van der Waals surface area contributed by atoms with Crippen LogP contribution < -0.4 is 5.73 Å². The maximum Gasteiger partial charge on any atom is 0.236 e. The summed E-state index contributed by atoms with van der Waals surface area (Å²) in [5, 5.41) is 4.80. The van der Waals surface area contributed by atoms with Crippen LogP contribution in [0.5, 0.6) is 0 Å². The van der Waals surface area contributed by atoms with Crippen LogP contribution in [-0.4, -0.2) is 10.1 Å². The van der Waals surface area contributed by atoms with Gasteiger partial charge in [0, 0.05) is 5.02 Å². The molecule has 1 aliphatic rings. The van der Waals surface area contributed by atoms with Crippen LogP contribution in [-0.2, 0) is 11.0 Å². The lowest BCUT2D eigenvalue weighted by molar-refractivity contribution is 0.228. The van der Waals surface area contributed by atoms with E-state index in [1.54, 1.807) is 0 Å². The quantitative estimate of drug-likeness (QED) is 0.941. The van der Waals surface area contributed by atoms with Crippen molar-refractivity contribution in [1.82, 2.24) is 10.1 Å². The van der Waals surface area contributed by atoms with Crippen LogP contribution in [0.3, 0.4) is 0 Å². The average molecular weight is 292 g/mol. The van der Waals surface area contributed by atoms with Gasteiger partial charge in [-0.1, -0.05) is 28.9 Å². The first kappa shape index (κ1) is 13.6. The van der Waals surface area contributed by atoms with Crippen LogP contribution in [0.25, 0.3) is 0 Å². The zero-order chi connectivity index (χ0) is 14.4. The third-order valence-electron chi connectivity index (χ3n) is 4.22. The minimum Gasteiger partial charge on any atom is -0.338 e. The highest BCUT2D eigenvalue weighted by atomic mass is 35.5. The molecule has 5 heteroatoms. The van der Waals surface area contributed by atoms with Crippen molar-refractivity contribution >= 4 is 11.6 Å². The summed E-state index contributed by atoms with van der Waals surface area (Å²) in [6, 6.07) is 7.69. The largest absolute Gasteiger partial charge is 0.338 e. The molecular weight excluding hydrogens is 274 g/mol. The number of benzene rings is 1. The monoisotopic (exact) mass is 291 g/mol. The molecule has 0 radical (unpaired) electrons. The number of rotatable bonds is 3. The number of hydrogen-bond acceptors (Lipinski definition) is 4.